The maximum absolute atomic E-state index is 12.5. The molecule has 0 saturated carbocycles. The molecule has 2 aromatic rings. The van der Waals surface area contributed by atoms with Crippen LogP contribution in [0.15, 0.2) is 36.4 Å². The number of hydrogen-bond acceptors (Lipinski definition) is 5. The van der Waals surface area contributed by atoms with Crippen molar-refractivity contribution in [2.75, 3.05) is 19.0 Å². The molecule has 0 aromatic heterocycles. The Labute approximate surface area is 160 Å². The van der Waals surface area contributed by atoms with Crippen molar-refractivity contribution in [1.82, 2.24) is 5.32 Å². The molecule has 0 spiro atoms. The number of benzene rings is 2. The van der Waals surface area contributed by atoms with Crippen molar-refractivity contribution < 1.29 is 14.3 Å². The fourth-order valence-electron chi connectivity index (χ4n) is 3.11. The van der Waals surface area contributed by atoms with Crippen LogP contribution in [-0.4, -0.2) is 25.6 Å². The predicted molar refractivity (Wildman–Crippen MR) is 106 cm³/mol. The van der Waals surface area contributed by atoms with Gasteiger partial charge in [0.2, 0.25) is 5.91 Å². The zero-order valence-corrected chi connectivity index (χ0v) is 15.9. The molecule has 2 aromatic carbocycles. The van der Waals surface area contributed by atoms with Crippen LogP contribution in [0.2, 0.25) is 0 Å². The van der Waals surface area contributed by atoms with E-state index in [1.54, 1.807) is 7.11 Å². The Morgan fingerprint density at radius 1 is 1.22 bits per heavy atom. The molecule has 2 bridgehead atoms. The van der Waals surface area contributed by atoms with E-state index in [4.69, 9.17) is 15.2 Å². The molecule has 1 aliphatic heterocycles. The summed E-state index contributed by atoms with van der Waals surface area (Å²) in [6, 6.07) is 11.5. The van der Waals surface area contributed by atoms with E-state index < -0.39 is 0 Å². The third-order valence-corrected chi connectivity index (χ3v) is 4.68. The Bertz CT molecular complexity index is 807. The van der Waals surface area contributed by atoms with Crippen LogP contribution in [0.1, 0.15) is 30.0 Å². The summed E-state index contributed by atoms with van der Waals surface area (Å²) >= 11 is 0. The van der Waals surface area contributed by atoms with Crippen LogP contribution in [-0.2, 0) is 24.4 Å². The van der Waals surface area contributed by atoms with E-state index in [9.17, 15) is 4.79 Å². The summed E-state index contributed by atoms with van der Waals surface area (Å²) in [6.07, 6.45) is 1.83. The highest BCUT2D eigenvalue weighted by Crippen LogP contribution is 2.28. The number of rotatable bonds is 2. The van der Waals surface area contributed by atoms with Crippen LogP contribution < -0.4 is 25.8 Å². The molecule has 1 amide bonds. The molecular weight excluding hydrogens is 342 g/mol. The van der Waals surface area contributed by atoms with Crippen molar-refractivity contribution in [2.45, 2.75) is 39.0 Å². The number of nitrogens with one attached hydrogen (secondary N) is 2. The van der Waals surface area contributed by atoms with E-state index in [0.717, 1.165) is 36.3 Å². The van der Waals surface area contributed by atoms with Gasteiger partial charge in [-0.3, -0.25) is 4.79 Å². The third-order valence-electron chi connectivity index (χ3n) is 4.68. The first-order valence-corrected chi connectivity index (χ1v) is 9.26. The van der Waals surface area contributed by atoms with Gasteiger partial charge in [0.15, 0.2) is 0 Å². The molecule has 1 aliphatic rings. The summed E-state index contributed by atoms with van der Waals surface area (Å²) in [4.78, 5) is 12.5. The SMILES string of the molecule is COc1cc2cc(c1)COc1ccc(CN)cc1NC(=O)[C@H](C)NCCC2. The zero-order valence-electron chi connectivity index (χ0n) is 15.9. The predicted octanol–water partition coefficient (Wildman–Crippen LogP) is 2.60. The van der Waals surface area contributed by atoms with Crippen molar-refractivity contribution in [2.24, 2.45) is 5.73 Å². The van der Waals surface area contributed by atoms with Crippen LogP contribution in [0, 0.1) is 0 Å². The number of carbonyl (C=O) groups is 1. The smallest absolute Gasteiger partial charge is 0.241 e. The molecule has 1 atom stereocenters. The van der Waals surface area contributed by atoms with Crippen LogP contribution in [0.25, 0.3) is 0 Å². The lowest BCUT2D eigenvalue weighted by molar-refractivity contribution is -0.117. The van der Waals surface area contributed by atoms with Gasteiger partial charge < -0.3 is 25.8 Å². The van der Waals surface area contributed by atoms with E-state index in [1.807, 2.05) is 37.3 Å². The first-order valence-electron chi connectivity index (χ1n) is 9.26. The zero-order chi connectivity index (χ0) is 19.2. The molecule has 144 valence electrons. The minimum absolute atomic E-state index is 0.0914. The number of anilines is 1. The molecule has 6 heteroatoms. The number of nitrogens with two attached hydrogens (primary N) is 1. The van der Waals surface area contributed by atoms with Gasteiger partial charge in [0, 0.05) is 6.54 Å². The standard InChI is InChI=1S/C21H27N3O3/c1-14-21(25)24-19-11-16(12-22)5-6-20(19)27-13-17-8-15(4-3-7-23-14)9-18(10-17)26-2/h5-6,8-11,14,23H,3-4,7,12-13,22H2,1-2H3,(H,24,25)/t14-/m0/s1. The Balaban J connectivity index is 1.93. The number of methoxy groups -OCH3 is 1. The number of aryl methyl sites for hydroxylation is 1. The lowest BCUT2D eigenvalue weighted by Gasteiger charge is -2.19. The third kappa shape index (κ3) is 4.99. The highest BCUT2D eigenvalue weighted by Gasteiger charge is 2.16. The molecule has 4 N–H and O–H groups in total. The second-order valence-electron chi connectivity index (χ2n) is 6.78. The van der Waals surface area contributed by atoms with Gasteiger partial charge in [-0.05, 0) is 67.3 Å². The first-order chi connectivity index (χ1) is 13.1. The normalized spacial score (nSPS) is 17.9. The monoisotopic (exact) mass is 369 g/mol. The van der Waals surface area contributed by atoms with E-state index in [-0.39, 0.29) is 11.9 Å². The Morgan fingerprint density at radius 3 is 2.81 bits per heavy atom. The van der Waals surface area contributed by atoms with Crippen molar-refractivity contribution in [3.05, 3.63) is 53.1 Å². The molecule has 0 unspecified atom stereocenters. The van der Waals surface area contributed by atoms with Gasteiger partial charge in [-0.1, -0.05) is 12.1 Å². The van der Waals surface area contributed by atoms with Gasteiger partial charge in [-0.15, -0.1) is 0 Å². The molecule has 1 heterocycles. The van der Waals surface area contributed by atoms with Crippen molar-refractivity contribution in [1.29, 1.82) is 0 Å². The average Bonchev–Trinajstić information content (AvgIpc) is 2.69. The quantitative estimate of drug-likeness (QED) is 0.758. The molecule has 0 radical (unpaired) electrons. The van der Waals surface area contributed by atoms with Gasteiger partial charge in [0.25, 0.3) is 0 Å². The van der Waals surface area contributed by atoms with Crippen LogP contribution >= 0.6 is 0 Å². The summed E-state index contributed by atoms with van der Waals surface area (Å²) in [5.41, 5.74) is 9.55. The Morgan fingerprint density at radius 2 is 2.04 bits per heavy atom. The summed E-state index contributed by atoms with van der Waals surface area (Å²) in [7, 11) is 1.67. The van der Waals surface area contributed by atoms with Gasteiger partial charge >= 0.3 is 0 Å². The molecular formula is C21H27N3O3. The van der Waals surface area contributed by atoms with E-state index in [2.05, 4.69) is 16.7 Å². The maximum Gasteiger partial charge on any atom is 0.241 e. The second kappa shape index (κ2) is 8.88. The molecule has 0 fully saturated rings. The van der Waals surface area contributed by atoms with E-state index >= 15 is 0 Å². The Hall–Kier alpha value is -2.57. The van der Waals surface area contributed by atoms with Crippen LogP contribution in [0.3, 0.4) is 0 Å². The largest absolute Gasteiger partial charge is 0.497 e. The van der Waals surface area contributed by atoms with Crippen molar-refractivity contribution in [3.63, 3.8) is 0 Å². The first kappa shape index (κ1) is 19.2. The molecule has 0 aliphatic carbocycles. The van der Waals surface area contributed by atoms with Crippen LogP contribution in [0.4, 0.5) is 5.69 Å². The molecule has 3 rings (SSSR count). The number of carbonyl (C=O) groups excluding carboxylic acids is 1. The summed E-state index contributed by atoms with van der Waals surface area (Å²) in [5.74, 6) is 1.35. The molecule has 6 nitrogen and oxygen atoms in total. The number of amides is 1. The molecule has 27 heavy (non-hydrogen) atoms. The maximum atomic E-state index is 12.5. The lowest BCUT2D eigenvalue weighted by atomic mass is 10.1. The van der Waals surface area contributed by atoms with Gasteiger partial charge in [0.1, 0.15) is 18.1 Å². The van der Waals surface area contributed by atoms with E-state index in [1.165, 1.54) is 5.56 Å². The van der Waals surface area contributed by atoms with Crippen molar-refractivity contribution >= 4 is 11.6 Å². The summed E-state index contributed by atoms with van der Waals surface area (Å²) in [5, 5.41) is 6.23. The summed E-state index contributed by atoms with van der Waals surface area (Å²) < 4.78 is 11.5. The number of hydrogen-bond donors (Lipinski definition) is 3. The second-order valence-corrected chi connectivity index (χ2v) is 6.78. The lowest BCUT2D eigenvalue weighted by Crippen LogP contribution is -2.38. The highest BCUT2D eigenvalue weighted by molar-refractivity contribution is 5.95. The van der Waals surface area contributed by atoms with Gasteiger partial charge in [0.05, 0.1) is 18.8 Å². The number of ether oxygens (including phenoxy) is 2. The topological polar surface area (TPSA) is 85.6 Å². The summed E-state index contributed by atoms with van der Waals surface area (Å²) in [6.45, 7) is 3.41. The average molecular weight is 369 g/mol. The minimum Gasteiger partial charge on any atom is -0.497 e. The number of fused-ring (bicyclic) bond motifs is 3. The Kier molecular flexibility index (Phi) is 6.32. The minimum atomic E-state index is -0.303. The van der Waals surface area contributed by atoms with Gasteiger partial charge in [-0.25, -0.2) is 0 Å². The highest BCUT2D eigenvalue weighted by atomic mass is 16.5. The van der Waals surface area contributed by atoms with E-state index in [0.29, 0.717) is 24.6 Å². The van der Waals surface area contributed by atoms with Crippen molar-refractivity contribution in [3.8, 4) is 11.5 Å². The molecule has 0 saturated heterocycles. The van der Waals surface area contributed by atoms with Crippen LogP contribution in [0.5, 0.6) is 11.5 Å². The fourth-order valence-corrected chi connectivity index (χ4v) is 3.11. The van der Waals surface area contributed by atoms with Gasteiger partial charge in [-0.2, -0.15) is 0 Å². The fraction of sp³-hybridized carbons (Fsp3) is 0.381.